The van der Waals surface area contributed by atoms with E-state index >= 15 is 0 Å². The minimum absolute atomic E-state index is 0.0498. The van der Waals surface area contributed by atoms with Crippen molar-refractivity contribution in [2.45, 2.75) is 44.1 Å². The molecule has 0 saturated heterocycles. The van der Waals surface area contributed by atoms with Gasteiger partial charge in [-0.25, -0.2) is 0 Å². The van der Waals surface area contributed by atoms with Gasteiger partial charge < -0.3 is 14.4 Å². The van der Waals surface area contributed by atoms with Gasteiger partial charge in [0.25, 0.3) is 5.91 Å². The molecule has 0 aromatic heterocycles. The molecule has 2 rings (SSSR count). The average molecular weight is 404 g/mol. The zero-order valence-corrected chi connectivity index (χ0v) is 17.2. The molecule has 138 valence electrons. The predicted octanol–water partition coefficient (Wildman–Crippen LogP) is 5.34. The zero-order chi connectivity index (χ0) is 18.6. The van der Waals surface area contributed by atoms with Gasteiger partial charge >= 0.3 is 0 Å². The summed E-state index contributed by atoms with van der Waals surface area (Å²) in [4.78, 5) is 13.2. The summed E-state index contributed by atoms with van der Waals surface area (Å²) in [5, 5.41) is 1.74. The number of hydrogen-bond acceptors (Lipinski definition) is 4. The highest BCUT2D eigenvalue weighted by atomic mass is 35.5. The fourth-order valence-electron chi connectivity index (χ4n) is 2.64. The molecule has 0 bridgehead atoms. The summed E-state index contributed by atoms with van der Waals surface area (Å²) in [7, 11) is 3.46. The predicted molar refractivity (Wildman–Crippen MR) is 104 cm³/mol. The number of hydrogen-bond donors (Lipinski definition) is 0. The maximum Gasteiger partial charge on any atom is 0.250 e. The molecule has 0 aliphatic carbocycles. The molecule has 25 heavy (non-hydrogen) atoms. The standard InChI is InChI=1S/C18H23Cl2NO3S/c1-5-9-18(24-12(2)17(22)21(3)4)10-8-16(25-18)23-15-7-6-13(19)11-14(15)20/h6-8,11-12H,5,9-10H2,1-4H3. The summed E-state index contributed by atoms with van der Waals surface area (Å²) < 4.78 is 12.1. The van der Waals surface area contributed by atoms with Crippen LogP contribution in [0.4, 0.5) is 0 Å². The Kier molecular flexibility index (Phi) is 7.09. The highest BCUT2D eigenvalue weighted by molar-refractivity contribution is 8.04. The van der Waals surface area contributed by atoms with Crippen molar-refractivity contribution >= 4 is 40.9 Å². The topological polar surface area (TPSA) is 38.8 Å². The molecule has 0 fully saturated rings. The Balaban J connectivity index is 2.07. The van der Waals surface area contributed by atoms with Crippen LogP contribution in [0.1, 0.15) is 33.1 Å². The minimum atomic E-state index is -0.513. The quantitative estimate of drug-likeness (QED) is 0.615. The summed E-state index contributed by atoms with van der Waals surface area (Å²) in [6.45, 7) is 3.88. The normalized spacial score (nSPS) is 21.0. The van der Waals surface area contributed by atoms with Gasteiger partial charge in [-0.15, -0.1) is 0 Å². The second kappa shape index (κ2) is 8.67. The van der Waals surface area contributed by atoms with Crippen LogP contribution in [-0.2, 0) is 9.53 Å². The minimum Gasteiger partial charge on any atom is -0.449 e. The van der Waals surface area contributed by atoms with Crippen molar-refractivity contribution in [3.05, 3.63) is 39.4 Å². The molecular formula is C18H23Cl2NO3S. The van der Waals surface area contributed by atoms with Gasteiger partial charge in [0.2, 0.25) is 0 Å². The Bertz CT molecular complexity index is 666. The molecule has 4 nitrogen and oxygen atoms in total. The summed E-state index contributed by atoms with van der Waals surface area (Å²) in [6, 6.07) is 5.12. The number of carbonyl (C=O) groups is 1. The first-order valence-corrected chi connectivity index (χ1v) is 9.74. The Hall–Kier alpha value is -0.880. The first-order valence-electron chi connectivity index (χ1n) is 8.17. The van der Waals surface area contributed by atoms with Gasteiger partial charge in [0.05, 0.1) is 5.02 Å². The number of halogens is 2. The molecule has 1 aliphatic heterocycles. The Morgan fingerprint density at radius 1 is 1.40 bits per heavy atom. The molecule has 7 heteroatoms. The third-order valence-corrected chi connectivity index (χ3v) is 5.60. The molecule has 0 saturated carbocycles. The van der Waals surface area contributed by atoms with Gasteiger partial charge in [0.1, 0.15) is 16.8 Å². The van der Waals surface area contributed by atoms with E-state index in [-0.39, 0.29) is 5.91 Å². The van der Waals surface area contributed by atoms with Crippen molar-refractivity contribution in [1.82, 2.24) is 4.90 Å². The summed E-state index contributed by atoms with van der Waals surface area (Å²) in [5.41, 5.74) is 0. The zero-order valence-electron chi connectivity index (χ0n) is 14.8. The molecule has 0 N–H and O–H groups in total. The highest BCUT2D eigenvalue weighted by Crippen LogP contribution is 2.48. The van der Waals surface area contributed by atoms with Gasteiger partial charge in [-0.2, -0.15) is 0 Å². The van der Waals surface area contributed by atoms with Gasteiger partial charge in [-0.05, 0) is 37.6 Å². The number of nitrogens with zero attached hydrogens (tertiary/aromatic N) is 1. The van der Waals surface area contributed by atoms with E-state index in [9.17, 15) is 4.79 Å². The Labute approximate surface area is 163 Å². The lowest BCUT2D eigenvalue weighted by molar-refractivity contribution is -0.145. The second-order valence-corrected chi connectivity index (χ2v) is 8.35. The van der Waals surface area contributed by atoms with E-state index in [2.05, 4.69) is 6.92 Å². The third kappa shape index (κ3) is 5.30. The molecule has 0 spiro atoms. The number of amides is 1. The maximum atomic E-state index is 12.1. The fourth-order valence-corrected chi connectivity index (χ4v) is 4.41. The van der Waals surface area contributed by atoms with Crippen LogP contribution in [-0.4, -0.2) is 35.9 Å². The first-order chi connectivity index (χ1) is 11.8. The van der Waals surface area contributed by atoms with Gasteiger partial charge in [-0.1, -0.05) is 48.3 Å². The number of benzene rings is 1. The number of ether oxygens (including phenoxy) is 2. The van der Waals surface area contributed by atoms with E-state index < -0.39 is 11.0 Å². The van der Waals surface area contributed by atoms with Crippen molar-refractivity contribution in [1.29, 1.82) is 0 Å². The molecule has 1 aromatic carbocycles. The lowest BCUT2D eigenvalue weighted by Crippen LogP contribution is -2.40. The van der Waals surface area contributed by atoms with Crippen LogP contribution in [0.15, 0.2) is 29.4 Å². The van der Waals surface area contributed by atoms with E-state index in [0.29, 0.717) is 22.2 Å². The smallest absolute Gasteiger partial charge is 0.250 e. The highest BCUT2D eigenvalue weighted by Gasteiger charge is 2.40. The number of thioether (sulfide) groups is 1. The molecule has 2 atom stereocenters. The van der Waals surface area contributed by atoms with Crippen molar-refractivity contribution < 1.29 is 14.3 Å². The summed E-state index contributed by atoms with van der Waals surface area (Å²) >= 11 is 13.6. The van der Waals surface area contributed by atoms with Crippen LogP contribution in [0.5, 0.6) is 5.75 Å². The van der Waals surface area contributed by atoms with E-state index in [4.69, 9.17) is 32.7 Å². The molecular weight excluding hydrogens is 381 g/mol. The Morgan fingerprint density at radius 3 is 2.72 bits per heavy atom. The second-order valence-electron chi connectivity index (χ2n) is 6.16. The lowest BCUT2D eigenvalue weighted by atomic mass is 10.1. The molecule has 1 aliphatic rings. The maximum absolute atomic E-state index is 12.1. The molecule has 1 aromatic rings. The monoisotopic (exact) mass is 403 g/mol. The number of carbonyl (C=O) groups excluding carboxylic acids is 1. The number of likely N-dealkylation sites (N-methyl/N-ethyl adjacent to an activating group) is 1. The van der Waals surface area contributed by atoms with E-state index in [0.717, 1.165) is 17.9 Å². The SMILES string of the molecule is CCCC1(OC(C)C(=O)N(C)C)CC=C(Oc2ccc(Cl)cc2Cl)S1. The largest absolute Gasteiger partial charge is 0.449 e. The van der Waals surface area contributed by atoms with E-state index in [1.54, 1.807) is 44.1 Å². The Morgan fingerprint density at radius 2 is 2.12 bits per heavy atom. The summed E-state index contributed by atoms with van der Waals surface area (Å²) in [5.74, 6) is 0.501. The van der Waals surface area contributed by atoms with Crippen LogP contribution in [0, 0.1) is 0 Å². The lowest BCUT2D eigenvalue weighted by Gasteiger charge is -2.32. The van der Waals surface area contributed by atoms with Crippen LogP contribution in [0.25, 0.3) is 0 Å². The molecule has 0 radical (unpaired) electrons. The van der Waals surface area contributed by atoms with E-state index in [1.165, 1.54) is 11.8 Å². The summed E-state index contributed by atoms with van der Waals surface area (Å²) in [6.07, 6.45) is 3.91. The number of rotatable bonds is 7. The van der Waals surface area contributed by atoms with Crippen LogP contribution in [0.2, 0.25) is 10.0 Å². The van der Waals surface area contributed by atoms with Crippen molar-refractivity contribution in [2.24, 2.45) is 0 Å². The van der Waals surface area contributed by atoms with Gasteiger partial charge in [0, 0.05) is 25.5 Å². The van der Waals surface area contributed by atoms with Crippen molar-refractivity contribution in [3.63, 3.8) is 0 Å². The van der Waals surface area contributed by atoms with E-state index in [1.807, 2.05) is 6.08 Å². The van der Waals surface area contributed by atoms with Crippen molar-refractivity contribution in [2.75, 3.05) is 14.1 Å². The molecule has 1 amide bonds. The van der Waals surface area contributed by atoms with Gasteiger partial charge in [-0.3, -0.25) is 4.79 Å². The van der Waals surface area contributed by atoms with Crippen LogP contribution < -0.4 is 4.74 Å². The third-order valence-electron chi connectivity index (χ3n) is 3.78. The molecule has 2 unspecified atom stereocenters. The van der Waals surface area contributed by atoms with Crippen molar-refractivity contribution in [3.8, 4) is 5.75 Å². The molecule has 1 heterocycles. The van der Waals surface area contributed by atoms with Crippen LogP contribution in [0.3, 0.4) is 0 Å². The van der Waals surface area contributed by atoms with Crippen LogP contribution >= 0.6 is 35.0 Å². The first kappa shape index (κ1) is 20.4. The average Bonchev–Trinajstić information content (AvgIpc) is 2.92. The van der Waals surface area contributed by atoms with Gasteiger partial charge in [0.15, 0.2) is 5.09 Å². The fraction of sp³-hybridized carbons (Fsp3) is 0.500.